The van der Waals surface area contributed by atoms with Crippen molar-refractivity contribution in [1.29, 1.82) is 0 Å². The molecule has 0 heterocycles. The number of amides is 3. The number of ether oxygens (including phenoxy) is 1. The Morgan fingerprint density at radius 3 is 2.38 bits per heavy atom. The van der Waals surface area contributed by atoms with Crippen LogP contribution in [0.1, 0.15) is 52.4 Å². The number of nitrogens with zero attached hydrogens (tertiary/aromatic N) is 1. The van der Waals surface area contributed by atoms with E-state index in [-0.39, 0.29) is 42.8 Å². The maximum atomic E-state index is 12.9. The first kappa shape index (κ1) is 22.7. The molecule has 0 radical (unpaired) electrons. The SMILES string of the molecule is CCCC[C@H](CC)C(=O)N(CC(=O)NCC(=O)Nc1ccc(OC)cc1)C1CC1. The predicted molar refractivity (Wildman–Crippen MR) is 113 cm³/mol. The second kappa shape index (κ2) is 11.4. The van der Waals surface area contributed by atoms with Crippen LogP contribution in [0.15, 0.2) is 24.3 Å². The molecule has 1 saturated carbocycles. The Morgan fingerprint density at radius 2 is 1.83 bits per heavy atom. The Morgan fingerprint density at radius 1 is 1.14 bits per heavy atom. The van der Waals surface area contributed by atoms with Gasteiger partial charge in [0.05, 0.1) is 20.2 Å². The summed E-state index contributed by atoms with van der Waals surface area (Å²) in [7, 11) is 1.57. The zero-order valence-corrected chi connectivity index (χ0v) is 17.7. The number of benzene rings is 1. The number of hydrogen-bond donors (Lipinski definition) is 2. The second-order valence-corrected chi connectivity index (χ2v) is 7.50. The number of anilines is 1. The first-order chi connectivity index (χ1) is 14.0. The van der Waals surface area contributed by atoms with Gasteiger partial charge in [-0.1, -0.05) is 26.7 Å². The Kier molecular flexibility index (Phi) is 8.96. The largest absolute Gasteiger partial charge is 0.497 e. The smallest absolute Gasteiger partial charge is 0.243 e. The first-order valence-electron chi connectivity index (χ1n) is 10.5. The molecule has 0 saturated heterocycles. The highest BCUT2D eigenvalue weighted by molar-refractivity contribution is 5.95. The number of rotatable bonds is 12. The Hall–Kier alpha value is -2.57. The molecule has 1 aromatic carbocycles. The van der Waals surface area contributed by atoms with Crippen LogP contribution >= 0.6 is 0 Å². The van der Waals surface area contributed by atoms with E-state index in [1.54, 1.807) is 36.3 Å². The molecule has 1 fully saturated rings. The topological polar surface area (TPSA) is 87.7 Å². The number of nitrogens with one attached hydrogen (secondary N) is 2. The summed E-state index contributed by atoms with van der Waals surface area (Å²) in [5.74, 6) is 0.121. The summed E-state index contributed by atoms with van der Waals surface area (Å²) in [6.07, 6.45) is 5.61. The average molecular weight is 404 g/mol. The highest BCUT2D eigenvalue weighted by atomic mass is 16.5. The van der Waals surface area contributed by atoms with E-state index in [1.807, 2.05) is 6.92 Å². The Balaban J connectivity index is 1.82. The van der Waals surface area contributed by atoms with Crippen LogP contribution in [0, 0.1) is 5.92 Å². The van der Waals surface area contributed by atoms with E-state index in [0.29, 0.717) is 11.4 Å². The molecule has 1 aliphatic carbocycles. The number of carbonyl (C=O) groups is 3. The number of hydrogen-bond acceptors (Lipinski definition) is 4. The van der Waals surface area contributed by atoms with Gasteiger partial charge >= 0.3 is 0 Å². The van der Waals surface area contributed by atoms with Gasteiger partial charge in [0.2, 0.25) is 17.7 Å². The maximum absolute atomic E-state index is 12.9. The van der Waals surface area contributed by atoms with Crippen LogP contribution in [0.2, 0.25) is 0 Å². The third kappa shape index (κ3) is 7.40. The lowest BCUT2D eigenvalue weighted by Gasteiger charge is -2.26. The van der Waals surface area contributed by atoms with Crippen molar-refractivity contribution in [1.82, 2.24) is 10.2 Å². The molecule has 1 atom stereocenters. The van der Waals surface area contributed by atoms with Crippen LogP contribution in [0.25, 0.3) is 0 Å². The lowest BCUT2D eigenvalue weighted by Crippen LogP contribution is -2.45. The van der Waals surface area contributed by atoms with E-state index in [9.17, 15) is 14.4 Å². The van der Waals surface area contributed by atoms with Crippen LogP contribution in [0.4, 0.5) is 5.69 Å². The van der Waals surface area contributed by atoms with Crippen LogP contribution < -0.4 is 15.4 Å². The quantitative estimate of drug-likeness (QED) is 0.562. The van der Waals surface area contributed by atoms with Crippen molar-refractivity contribution in [2.75, 3.05) is 25.5 Å². The molecule has 7 heteroatoms. The van der Waals surface area contributed by atoms with Gasteiger partial charge in [-0.15, -0.1) is 0 Å². The lowest BCUT2D eigenvalue weighted by molar-refractivity contribution is -0.140. The minimum absolute atomic E-state index is 0.0158. The Labute approximate surface area is 173 Å². The maximum Gasteiger partial charge on any atom is 0.243 e. The summed E-state index contributed by atoms with van der Waals surface area (Å²) in [5.41, 5.74) is 0.626. The summed E-state index contributed by atoms with van der Waals surface area (Å²) in [6.45, 7) is 4.01. The van der Waals surface area contributed by atoms with Gasteiger partial charge in [-0.25, -0.2) is 0 Å². The summed E-state index contributed by atoms with van der Waals surface area (Å²) in [4.78, 5) is 39.0. The zero-order valence-electron chi connectivity index (χ0n) is 17.7. The third-order valence-electron chi connectivity index (χ3n) is 5.15. The van der Waals surface area contributed by atoms with E-state index in [1.165, 1.54) is 0 Å². The molecular formula is C22H33N3O4. The van der Waals surface area contributed by atoms with Gasteiger partial charge in [-0.05, 0) is 49.9 Å². The fourth-order valence-electron chi connectivity index (χ4n) is 3.23. The normalized spacial score (nSPS) is 14.0. The van der Waals surface area contributed by atoms with Gasteiger partial charge in [0.15, 0.2) is 0 Å². The van der Waals surface area contributed by atoms with Crippen molar-refractivity contribution in [3.63, 3.8) is 0 Å². The van der Waals surface area contributed by atoms with Gasteiger partial charge in [-0.2, -0.15) is 0 Å². The molecule has 160 valence electrons. The molecule has 2 rings (SSSR count). The minimum Gasteiger partial charge on any atom is -0.497 e. The molecule has 0 aliphatic heterocycles. The molecule has 7 nitrogen and oxygen atoms in total. The lowest BCUT2D eigenvalue weighted by atomic mass is 9.97. The molecule has 0 spiro atoms. The highest BCUT2D eigenvalue weighted by Gasteiger charge is 2.36. The minimum atomic E-state index is -0.317. The van der Waals surface area contributed by atoms with Gasteiger partial charge < -0.3 is 20.3 Å². The molecule has 0 bridgehead atoms. The van der Waals surface area contributed by atoms with Crippen molar-refractivity contribution in [3.05, 3.63) is 24.3 Å². The molecule has 0 aromatic heterocycles. The zero-order chi connectivity index (χ0) is 21.2. The highest BCUT2D eigenvalue weighted by Crippen LogP contribution is 2.29. The molecule has 1 aromatic rings. The van der Waals surface area contributed by atoms with Crippen molar-refractivity contribution >= 4 is 23.4 Å². The fraction of sp³-hybridized carbons (Fsp3) is 0.591. The van der Waals surface area contributed by atoms with Gasteiger partial charge in [-0.3, -0.25) is 14.4 Å². The molecule has 0 unspecified atom stereocenters. The number of methoxy groups -OCH3 is 1. The summed E-state index contributed by atoms with van der Waals surface area (Å²) in [6, 6.07) is 7.11. The third-order valence-corrected chi connectivity index (χ3v) is 5.15. The molecule has 1 aliphatic rings. The molecular weight excluding hydrogens is 370 g/mol. The van der Waals surface area contributed by atoms with E-state index >= 15 is 0 Å². The standard InChI is InChI=1S/C22H33N3O4/c1-4-6-7-16(5-2)22(28)25(18-10-11-18)15-21(27)23-14-20(26)24-17-8-12-19(29-3)13-9-17/h8-9,12-13,16,18H,4-7,10-11,14-15H2,1-3H3,(H,23,27)(H,24,26)/t16-/m0/s1. The van der Waals surface area contributed by atoms with Crippen molar-refractivity contribution < 1.29 is 19.1 Å². The monoisotopic (exact) mass is 403 g/mol. The van der Waals surface area contributed by atoms with E-state index in [4.69, 9.17) is 4.74 Å². The van der Waals surface area contributed by atoms with Crippen LogP contribution in [0.3, 0.4) is 0 Å². The Bertz CT molecular complexity index is 686. The first-order valence-corrected chi connectivity index (χ1v) is 10.5. The van der Waals surface area contributed by atoms with Crippen molar-refractivity contribution in [2.45, 2.75) is 58.4 Å². The second-order valence-electron chi connectivity index (χ2n) is 7.50. The summed E-state index contributed by atoms with van der Waals surface area (Å²) >= 11 is 0. The predicted octanol–water partition coefficient (Wildman–Crippen LogP) is 2.96. The summed E-state index contributed by atoms with van der Waals surface area (Å²) in [5, 5.41) is 5.34. The van der Waals surface area contributed by atoms with Crippen molar-refractivity contribution in [2.24, 2.45) is 5.92 Å². The van der Waals surface area contributed by atoms with E-state index < -0.39 is 0 Å². The van der Waals surface area contributed by atoms with Crippen molar-refractivity contribution in [3.8, 4) is 5.75 Å². The number of unbranched alkanes of at least 4 members (excludes halogenated alkanes) is 1. The molecule has 29 heavy (non-hydrogen) atoms. The van der Waals surface area contributed by atoms with Crippen LogP contribution in [-0.4, -0.2) is 48.9 Å². The van der Waals surface area contributed by atoms with Gasteiger partial charge in [0.25, 0.3) is 0 Å². The van der Waals surface area contributed by atoms with Gasteiger partial charge in [0, 0.05) is 17.6 Å². The fourth-order valence-corrected chi connectivity index (χ4v) is 3.23. The van der Waals surface area contributed by atoms with E-state index in [2.05, 4.69) is 17.6 Å². The van der Waals surface area contributed by atoms with E-state index in [0.717, 1.165) is 38.5 Å². The van der Waals surface area contributed by atoms with Crippen LogP contribution in [-0.2, 0) is 14.4 Å². The number of carbonyl (C=O) groups excluding carboxylic acids is 3. The van der Waals surface area contributed by atoms with Gasteiger partial charge in [0.1, 0.15) is 5.75 Å². The molecule has 2 N–H and O–H groups in total. The average Bonchev–Trinajstić information content (AvgIpc) is 3.56. The van der Waals surface area contributed by atoms with Crippen LogP contribution in [0.5, 0.6) is 5.75 Å². The summed E-state index contributed by atoms with van der Waals surface area (Å²) < 4.78 is 5.08. The molecule has 3 amide bonds.